The minimum Gasteiger partial charge on any atom is -0.399 e. The third-order valence-electron chi connectivity index (χ3n) is 3.60. The van der Waals surface area contributed by atoms with Crippen LogP contribution < -0.4 is 5.73 Å². The summed E-state index contributed by atoms with van der Waals surface area (Å²) in [5.74, 6) is 0. The molecule has 0 aliphatic rings. The van der Waals surface area contributed by atoms with Gasteiger partial charge in [0.2, 0.25) is 0 Å². The van der Waals surface area contributed by atoms with E-state index >= 15 is 0 Å². The largest absolute Gasteiger partial charge is 0.399 e. The van der Waals surface area contributed by atoms with Gasteiger partial charge < -0.3 is 5.73 Å². The van der Waals surface area contributed by atoms with Crippen molar-refractivity contribution in [2.45, 2.75) is 12.8 Å². The third-order valence-corrected chi connectivity index (χ3v) is 3.60. The lowest BCUT2D eigenvalue weighted by Gasteiger charge is -2.07. The maximum Gasteiger partial charge on any atom is 0.0316 e. The van der Waals surface area contributed by atoms with Crippen LogP contribution >= 0.6 is 0 Å². The lowest BCUT2D eigenvalue weighted by Crippen LogP contribution is -1.93. The average Bonchev–Trinajstić information content (AvgIpc) is 2.49. The first kappa shape index (κ1) is 13.4. The number of hydrogen-bond donors (Lipinski definition) is 1. The highest BCUT2D eigenvalue weighted by Crippen LogP contribution is 2.16. The quantitative estimate of drug-likeness (QED) is 0.698. The summed E-state index contributed by atoms with van der Waals surface area (Å²) in [5, 5.41) is 0. The minimum atomic E-state index is 0.827. The lowest BCUT2D eigenvalue weighted by molar-refractivity contribution is 1.14. The van der Waals surface area contributed by atoms with Crippen LogP contribution in [0.2, 0.25) is 0 Å². The van der Waals surface area contributed by atoms with Crippen molar-refractivity contribution in [1.82, 2.24) is 0 Å². The van der Waals surface area contributed by atoms with Crippen LogP contribution in [0.4, 0.5) is 5.69 Å². The molecule has 0 unspecified atom stereocenters. The van der Waals surface area contributed by atoms with Gasteiger partial charge >= 0.3 is 0 Å². The van der Waals surface area contributed by atoms with Crippen molar-refractivity contribution in [1.29, 1.82) is 0 Å². The molecule has 1 heteroatoms. The lowest BCUT2D eigenvalue weighted by atomic mass is 9.99. The molecule has 0 amide bonds. The standard InChI is InChI=1S/C20H19N/c21-20-11-5-10-19(15-20)14-18-9-4-8-17(13-18)12-16-6-2-1-3-7-16/h1-11,13,15H,12,14,21H2. The molecule has 0 heterocycles. The summed E-state index contributed by atoms with van der Waals surface area (Å²) in [6, 6.07) is 27.5. The summed E-state index contributed by atoms with van der Waals surface area (Å²) in [7, 11) is 0. The first-order valence-electron chi connectivity index (χ1n) is 7.26. The second kappa shape index (κ2) is 6.27. The fourth-order valence-corrected chi connectivity index (χ4v) is 2.62. The Morgan fingerprint density at radius 1 is 0.524 bits per heavy atom. The number of hydrogen-bond acceptors (Lipinski definition) is 1. The van der Waals surface area contributed by atoms with E-state index in [1.807, 2.05) is 18.2 Å². The predicted molar refractivity (Wildman–Crippen MR) is 89.4 cm³/mol. The summed E-state index contributed by atoms with van der Waals surface area (Å²) in [5.41, 5.74) is 12.0. The van der Waals surface area contributed by atoms with E-state index in [0.29, 0.717) is 0 Å². The zero-order valence-corrected chi connectivity index (χ0v) is 12.0. The van der Waals surface area contributed by atoms with E-state index in [1.54, 1.807) is 0 Å². The van der Waals surface area contributed by atoms with Gasteiger partial charge in [0.1, 0.15) is 0 Å². The predicted octanol–water partition coefficient (Wildman–Crippen LogP) is 4.45. The van der Waals surface area contributed by atoms with Crippen LogP contribution in [0.5, 0.6) is 0 Å². The number of rotatable bonds is 4. The number of nitrogens with two attached hydrogens (primary N) is 1. The Bertz CT molecular complexity index is 717. The van der Waals surface area contributed by atoms with Crippen LogP contribution in [0, 0.1) is 0 Å². The zero-order valence-electron chi connectivity index (χ0n) is 12.0. The molecule has 0 atom stereocenters. The molecule has 0 spiro atoms. The molecule has 3 aromatic carbocycles. The van der Waals surface area contributed by atoms with Gasteiger partial charge in [0.05, 0.1) is 0 Å². The van der Waals surface area contributed by atoms with Crippen molar-refractivity contribution in [2.24, 2.45) is 0 Å². The average molecular weight is 273 g/mol. The van der Waals surface area contributed by atoms with Gasteiger partial charge in [-0.1, -0.05) is 66.7 Å². The Hall–Kier alpha value is -2.54. The van der Waals surface area contributed by atoms with Gasteiger partial charge in [-0.25, -0.2) is 0 Å². The molecule has 0 aromatic heterocycles. The van der Waals surface area contributed by atoms with Crippen molar-refractivity contribution < 1.29 is 0 Å². The Morgan fingerprint density at radius 3 is 1.71 bits per heavy atom. The highest BCUT2D eigenvalue weighted by Gasteiger charge is 2.00. The monoisotopic (exact) mass is 273 g/mol. The Kier molecular flexibility index (Phi) is 4.02. The van der Waals surface area contributed by atoms with E-state index in [4.69, 9.17) is 5.73 Å². The molecule has 3 aromatic rings. The van der Waals surface area contributed by atoms with Crippen LogP contribution in [0.1, 0.15) is 22.3 Å². The molecule has 104 valence electrons. The van der Waals surface area contributed by atoms with Gasteiger partial charge in [0.15, 0.2) is 0 Å². The van der Waals surface area contributed by atoms with E-state index in [9.17, 15) is 0 Å². The van der Waals surface area contributed by atoms with Crippen LogP contribution in [0.25, 0.3) is 0 Å². The summed E-state index contributed by atoms with van der Waals surface area (Å²) < 4.78 is 0. The molecule has 1 nitrogen and oxygen atoms in total. The highest BCUT2D eigenvalue weighted by molar-refractivity contribution is 5.42. The molecule has 21 heavy (non-hydrogen) atoms. The minimum absolute atomic E-state index is 0.827. The summed E-state index contributed by atoms with van der Waals surface area (Å²) in [6.07, 6.45) is 1.90. The highest BCUT2D eigenvalue weighted by atomic mass is 14.5. The maximum absolute atomic E-state index is 5.84. The molecule has 0 saturated heterocycles. The molecular formula is C20H19N. The van der Waals surface area contributed by atoms with Crippen molar-refractivity contribution >= 4 is 5.69 Å². The topological polar surface area (TPSA) is 26.0 Å². The molecule has 0 aliphatic carbocycles. The second-order valence-electron chi connectivity index (χ2n) is 5.40. The van der Waals surface area contributed by atoms with Crippen molar-refractivity contribution in [2.75, 3.05) is 5.73 Å². The fraction of sp³-hybridized carbons (Fsp3) is 0.100. The smallest absolute Gasteiger partial charge is 0.0316 e. The van der Waals surface area contributed by atoms with Gasteiger partial charge in [-0.05, 0) is 47.2 Å². The van der Waals surface area contributed by atoms with Gasteiger partial charge in [-0.15, -0.1) is 0 Å². The molecule has 0 bridgehead atoms. The van der Waals surface area contributed by atoms with Crippen molar-refractivity contribution in [3.63, 3.8) is 0 Å². The molecule has 0 saturated carbocycles. The molecular weight excluding hydrogens is 254 g/mol. The van der Waals surface area contributed by atoms with Gasteiger partial charge in [0, 0.05) is 5.69 Å². The van der Waals surface area contributed by atoms with Crippen molar-refractivity contribution in [3.8, 4) is 0 Å². The maximum atomic E-state index is 5.84. The number of anilines is 1. The normalized spacial score (nSPS) is 10.5. The first-order chi connectivity index (χ1) is 10.3. The van der Waals surface area contributed by atoms with Gasteiger partial charge in [-0.2, -0.15) is 0 Å². The molecule has 0 radical (unpaired) electrons. The van der Waals surface area contributed by atoms with Crippen LogP contribution in [-0.2, 0) is 12.8 Å². The first-order valence-corrected chi connectivity index (χ1v) is 7.26. The van der Waals surface area contributed by atoms with Crippen molar-refractivity contribution in [3.05, 3.63) is 101 Å². The second-order valence-corrected chi connectivity index (χ2v) is 5.40. The summed E-state index contributed by atoms with van der Waals surface area (Å²) in [6.45, 7) is 0. The Morgan fingerprint density at radius 2 is 1.05 bits per heavy atom. The number of benzene rings is 3. The molecule has 0 fully saturated rings. The van der Waals surface area contributed by atoms with Crippen LogP contribution in [-0.4, -0.2) is 0 Å². The Balaban J connectivity index is 1.77. The fourth-order valence-electron chi connectivity index (χ4n) is 2.62. The van der Waals surface area contributed by atoms with E-state index in [1.165, 1.54) is 22.3 Å². The molecule has 3 rings (SSSR count). The molecule has 2 N–H and O–H groups in total. The van der Waals surface area contributed by atoms with Crippen LogP contribution in [0.15, 0.2) is 78.9 Å². The Labute approximate surface area is 126 Å². The van der Waals surface area contributed by atoms with Crippen LogP contribution in [0.3, 0.4) is 0 Å². The molecule has 0 aliphatic heterocycles. The summed E-state index contributed by atoms with van der Waals surface area (Å²) >= 11 is 0. The van der Waals surface area contributed by atoms with E-state index in [0.717, 1.165) is 18.5 Å². The van der Waals surface area contributed by atoms with E-state index in [2.05, 4.69) is 60.7 Å². The SMILES string of the molecule is Nc1cccc(Cc2cccc(Cc3ccccc3)c2)c1. The third kappa shape index (κ3) is 3.73. The zero-order chi connectivity index (χ0) is 14.5. The number of nitrogen functional groups attached to an aromatic ring is 1. The summed E-state index contributed by atoms with van der Waals surface area (Å²) in [4.78, 5) is 0. The van der Waals surface area contributed by atoms with Gasteiger partial charge in [0.25, 0.3) is 0 Å². The van der Waals surface area contributed by atoms with E-state index in [-0.39, 0.29) is 0 Å². The van der Waals surface area contributed by atoms with Gasteiger partial charge in [-0.3, -0.25) is 0 Å². The van der Waals surface area contributed by atoms with E-state index < -0.39 is 0 Å².